The first kappa shape index (κ1) is 18.5. The van der Waals surface area contributed by atoms with Gasteiger partial charge >= 0.3 is 0 Å². The molecule has 0 bridgehead atoms. The van der Waals surface area contributed by atoms with E-state index in [1.807, 2.05) is 24.8 Å². The molecular weight excluding hydrogens is 328 g/mol. The summed E-state index contributed by atoms with van der Waals surface area (Å²) in [6, 6.07) is 1.99. The van der Waals surface area contributed by atoms with Gasteiger partial charge in [-0.15, -0.1) is 0 Å². The highest BCUT2D eigenvalue weighted by atomic mass is 16.2. The van der Waals surface area contributed by atoms with Crippen LogP contribution in [-0.4, -0.2) is 57.8 Å². The Morgan fingerprint density at radius 2 is 1.73 bits per heavy atom. The molecule has 3 rings (SSSR count). The van der Waals surface area contributed by atoms with Gasteiger partial charge in [0.05, 0.1) is 5.92 Å². The molecular formula is C20H28N4O2. The van der Waals surface area contributed by atoms with Crippen LogP contribution in [0.2, 0.25) is 0 Å². The molecule has 140 valence electrons. The van der Waals surface area contributed by atoms with Crippen molar-refractivity contribution in [1.82, 2.24) is 19.8 Å². The highest BCUT2D eigenvalue weighted by molar-refractivity contribution is 5.88. The van der Waals surface area contributed by atoms with Gasteiger partial charge in [-0.1, -0.05) is 6.58 Å². The number of aryl methyl sites for hydroxylation is 2. The fraction of sp³-hybridized carbons (Fsp3) is 0.600. The Bertz CT molecular complexity index is 675. The molecule has 0 radical (unpaired) electrons. The molecule has 3 heterocycles. The predicted octanol–water partition coefficient (Wildman–Crippen LogP) is 2.22. The van der Waals surface area contributed by atoms with Gasteiger partial charge in [-0.25, -0.2) is 9.97 Å². The molecule has 1 aromatic rings. The van der Waals surface area contributed by atoms with Gasteiger partial charge < -0.3 is 9.80 Å². The van der Waals surface area contributed by atoms with Crippen LogP contribution in [0.4, 0.5) is 0 Å². The number of hydrogen-bond donors (Lipinski definition) is 0. The van der Waals surface area contributed by atoms with Crippen molar-refractivity contribution >= 4 is 11.8 Å². The van der Waals surface area contributed by atoms with E-state index in [1.165, 1.54) is 6.08 Å². The van der Waals surface area contributed by atoms with Gasteiger partial charge in [-0.3, -0.25) is 9.59 Å². The molecule has 6 heteroatoms. The molecule has 6 nitrogen and oxygen atoms in total. The Morgan fingerprint density at radius 1 is 1.08 bits per heavy atom. The summed E-state index contributed by atoms with van der Waals surface area (Å²) in [4.78, 5) is 37.6. The second-order valence-electron chi connectivity index (χ2n) is 7.44. The minimum atomic E-state index is -0.0818. The third kappa shape index (κ3) is 4.11. The third-order valence-electron chi connectivity index (χ3n) is 5.43. The predicted molar refractivity (Wildman–Crippen MR) is 99.6 cm³/mol. The largest absolute Gasteiger partial charge is 0.342 e. The van der Waals surface area contributed by atoms with Crippen molar-refractivity contribution in [2.45, 2.75) is 45.4 Å². The van der Waals surface area contributed by atoms with E-state index < -0.39 is 0 Å². The Kier molecular flexibility index (Phi) is 5.69. The van der Waals surface area contributed by atoms with Crippen molar-refractivity contribution in [2.24, 2.45) is 5.92 Å². The highest BCUT2D eigenvalue weighted by Crippen LogP contribution is 2.28. The molecule has 0 aliphatic carbocycles. The smallest absolute Gasteiger partial charge is 0.245 e. The van der Waals surface area contributed by atoms with Gasteiger partial charge in [0.15, 0.2) is 0 Å². The number of carbonyl (C=O) groups is 2. The Labute approximate surface area is 155 Å². The average molecular weight is 356 g/mol. The molecule has 2 aliphatic rings. The molecule has 0 spiro atoms. The lowest BCUT2D eigenvalue weighted by molar-refractivity contribution is -0.140. The molecule has 2 aliphatic heterocycles. The molecule has 0 saturated carbocycles. The number of carbonyl (C=O) groups excluding carboxylic acids is 2. The summed E-state index contributed by atoms with van der Waals surface area (Å²) in [6.45, 7) is 10.3. The summed E-state index contributed by atoms with van der Waals surface area (Å²) in [5.41, 5.74) is 2.00. The van der Waals surface area contributed by atoms with E-state index in [-0.39, 0.29) is 17.7 Å². The molecule has 1 atom stereocenters. The highest BCUT2D eigenvalue weighted by Gasteiger charge is 2.33. The van der Waals surface area contributed by atoms with E-state index in [4.69, 9.17) is 0 Å². The number of hydrogen-bond acceptors (Lipinski definition) is 4. The Hall–Kier alpha value is -2.24. The molecule has 26 heavy (non-hydrogen) atoms. The fourth-order valence-electron chi connectivity index (χ4n) is 4.06. The van der Waals surface area contributed by atoms with Crippen LogP contribution in [0.3, 0.4) is 0 Å². The van der Waals surface area contributed by atoms with Crippen LogP contribution in [0.15, 0.2) is 18.7 Å². The molecule has 2 fully saturated rings. The standard InChI is InChI=1S/C20H28N4O2/c1-4-18(25)24-9-5-6-17(13-24)20(26)23-10-7-16(8-11-23)19-21-14(2)12-15(3)22-19/h4,12,16-17H,1,5-11,13H2,2-3H3. The summed E-state index contributed by atoms with van der Waals surface area (Å²) in [6.07, 6.45) is 4.87. The van der Waals surface area contributed by atoms with E-state index in [2.05, 4.69) is 16.5 Å². The van der Waals surface area contributed by atoms with Crippen LogP contribution in [-0.2, 0) is 9.59 Å². The van der Waals surface area contributed by atoms with E-state index in [1.54, 1.807) is 4.90 Å². The first-order chi connectivity index (χ1) is 12.5. The maximum atomic E-state index is 12.9. The van der Waals surface area contributed by atoms with Gasteiger partial charge in [0.1, 0.15) is 5.82 Å². The lowest BCUT2D eigenvalue weighted by Gasteiger charge is -2.37. The summed E-state index contributed by atoms with van der Waals surface area (Å²) in [7, 11) is 0. The lowest BCUT2D eigenvalue weighted by atomic mass is 9.92. The summed E-state index contributed by atoms with van der Waals surface area (Å²) >= 11 is 0. The topological polar surface area (TPSA) is 66.4 Å². The molecule has 1 aromatic heterocycles. The van der Waals surface area contributed by atoms with E-state index in [0.717, 1.165) is 62.5 Å². The average Bonchev–Trinajstić information content (AvgIpc) is 2.66. The van der Waals surface area contributed by atoms with E-state index >= 15 is 0 Å². The minimum Gasteiger partial charge on any atom is -0.342 e. The molecule has 0 N–H and O–H groups in total. The lowest BCUT2D eigenvalue weighted by Crippen LogP contribution is -2.48. The summed E-state index contributed by atoms with van der Waals surface area (Å²) in [5.74, 6) is 1.26. The van der Waals surface area contributed by atoms with E-state index in [9.17, 15) is 9.59 Å². The van der Waals surface area contributed by atoms with Crippen LogP contribution >= 0.6 is 0 Å². The van der Waals surface area contributed by atoms with Crippen molar-refractivity contribution in [3.05, 3.63) is 35.9 Å². The van der Waals surface area contributed by atoms with Crippen LogP contribution < -0.4 is 0 Å². The second-order valence-corrected chi connectivity index (χ2v) is 7.44. The molecule has 2 amide bonds. The second kappa shape index (κ2) is 7.98. The van der Waals surface area contributed by atoms with E-state index in [0.29, 0.717) is 12.5 Å². The number of rotatable bonds is 3. The number of amides is 2. The van der Waals surface area contributed by atoms with Gasteiger partial charge in [0.2, 0.25) is 11.8 Å². The zero-order chi connectivity index (χ0) is 18.7. The van der Waals surface area contributed by atoms with Crippen molar-refractivity contribution in [2.75, 3.05) is 26.2 Å². The van der Waals surface area contributed by atoms with Gasteiger partial charge in [-0.2, -0.15) is 0 Å². The minimum absolute atomic E-state index is 0.0758. The van der Waals surface area contributed by atoms with Crippen LogP contribution in [0.1, 0.15) is 48.8 Å². The Balaban J connectivity index is 1.58. The SMILES string of the molecule is C=CC(=O)N1CCCC(C(=O)N2CCC(c3nc(C)cc(C)n3)CC2)C1. The zero-order valence-electron chi connectivity index (χ0n) is 15.8. The monoisotopic (exact) mass is 356 g/mol. The maximum Gasteiger partial charge on any atom is 0.245 e. The number of likely N-dealkylation sites (tertiary alicyclic amines) is 2. The van der Waals surface area contributed by atoms with Gasteiger partial charge in [-0.05, 0) is 51.7 Å². The van der Waals surface area contributed by atoms with Crippen LogP contribution in [0.25, 0.3) is 0 Å². The number of nitrogens with zero attached hydrogens (tertiary/aromatic N) is 4. The van der Waals surface area contributed by atoms with Crippen molar-refractivity contribution in [1.29, 1.82) is 0 Å². The zero-order valence-corrected chi connectivity index (χ0v) is 15.8. The number of aromatic nitrogens is 2. The van der Waals surface area contributed by atoms with Crippen LogP contribution in [0, 0.1) is 19.8 Å². The maximum absolute atomic E-state index is 12.9. The molecule has 1 unspecified atom stereocenters. The first-order valence-corrected chi connectivity index (χ1v) is 9.50. The number of piperidine rings is 2. The first-order valence-electron chi connectivity index (χ1n) is 9.50. The summed E-state index contributed by atoms with van der Waals surface area (Å²) in [5, 5.41) is 0. The van der Waals surface area contributed by atoms with Gasteiger partial charge in [0.25, 0.3) is 0 Å². The van der Waals surface area contributed by atoms with Crippen molar-refractivity contribution in [3.63, 3.8) is 0 Å². The normalized spacial score (nSPS) is 21.5. The Morgan fingerprint density at radius 3 is 2.35 bits per heavy atom. The third-order valence-corrected chi connectivity index (χ3v) is 5.43. The fourth-order valence-corrected chi connectivity index (χ4v) is 4.06. The summed E-state index contributed by atoms with van der Waals surface area (Å²) < 4.78 is 0. The molecule has 0 aromatic carbocycles. The van der Waals surface area contributed by atoms with Crippen LogP contribution in [0.5, 0.6) is 0 Å². The quantitative estimate of drug-likeness (QED) is 0.779. The van der Waals surface area contributed by atoms with Crippen molar-refractivity contribution in [3.8, 4) is 0 Å². The van der Waals surface area contributed by atoms with Gasteiger partial charge in [0, 0.05) is 43.5 Å². The molecule has 2 saturated heterocycles. The van der Waals surface area contributed by atoms with Crippen molar-refractivity contribution < 1.29 is 9.59 Å².